The molecule has 2 nitrogen and oxygen atoms in total. The maximum Gasteiger partial charge on any atom is 0.0921 e. The molecule has 1 heterocycles. The number of hydrogen-bond donors (Lipinski definition) is 1. The summed E-state index contributed by atoms with van der Waals surface area (Å²) in [4.78, 5) is 7.30. The molecular formula is C12H19ClN2. The number of nitrogens with one attached hydrogen (secondary N) is 1. The Hall–Kier alpha value is -0.500. The first kappa shape index (κ1) is 11.0. The molecule has 0 amide bonds. The second-order valence-corrected chi connectivity index (χ2v) is 5.07. The molecule has 0 bridgehead atoms. The van der Waals surface area contributed by atoms with Gasteiger partial charge < -0.3 is 4.98 Å². The average Bonchev–Trinajstić information content (AvgIpc) is 2.78. The number of halogens is 1. The minimum absolute atomic E-state index is 0. The van der Waals surface area contributed by atoms with Crippen LogP contribution in [0.15, 0.2) is 12.5 Å². The van der Waals surface area contributed by atoms with E-state index in [0.717, 1.165) is 17.8 Å². The number of aromatic amines is 1. The highest BCUT2D eigenvalue weighted by atomic mass is 35.5. The van der Waals surface area contributed by atoms with Crippen LogP contribution in [0.2, 0.25) is 0 Å². The van der Waals surface area contributed by atoms with Gasteiger partial charge in [0.15, 0.2) is 0 Å². The van der Waals surface area contributed by atoms with Crippen LogP contribution in [0.5, 0.6) is 0 Å². The van der Waals surface area contributed by atoms with Gasteiger partial charge in [-0.1, -0.05) is 19.3 Å². The van der Waals surface area contributed by atoms with Crippen LogP contribution in [0.4, 0.5) is 0 Å². The van der Waals surface area contributed by atoms with Crippen LogP contribution >= 0.6 is 12.4 Å². The molecule has 2 atom stereocenters. The SMILES string of the molecule is Cl.c1ncc(CC2CC3CCCC3C2)[nH]1. The van der Waals surface area contributed by atoms with Crippen LogP contribution in [-0.4, -0.2) is 9.97 Å². The number of H-pyrrole nitrogens is 1. The molecule has 2 aliphatic rings. The van der Waals surface area contributed by atoms with Crippen molar-refractivity contribution < 1.29 is 0 Å². The first-order valence-corrected chi connectivity index (χ1v) is 5.89. The molecule has 0 saturated heterocycles. The Kier molecular flexibility index (Phi) is 3.35. The largest absolute Gasteiger partial charge is 0.348 e. The van der Waals surface area contributed by atoms with Crippen LogP contribution < -0.4 is 0 Å². The molecule has 84 valence electrons. The predicted molar refractivity (Wildman–Crippen MR) is 63.1 cm³/mol. The van der Waals surface area contributed by atoms with Gasteiger partial charge in [0.1, 0.15) is 0 Å². The van der Waals surface area contributed by atoms with Crippen molar-refractivity contribution in [1.82, 2.24) is 9.97 Å². The van der Waals surface area contributed by atoms with Gasteiger partial charge in [-0.2, -0.15) is 0 Å². The summed E-state index contributed by atoms with van der Waals surface area (Å²) in [7, 11) is 0. The number of nitrogens with zero attached hydrogens (tertiary/aromatic N) is 1. The number of hydrogen-bond acceptors (Lipinski definition) is 1. The highest BCUT2D eigenvalue weighted by Gasteiger charge is 2.36. The summed E-state index contributed by atoms with van der Waals surface area (Å²) in [6.07, 6.45) is 12.5. The molecule has 1 aromatic heterocycles. The summed E-state index contributed by atoms with van der Waals surface area (Å²) in [5.74, 6) is 3.08. The highest BCUT2D eigenvalue weighted by Crippen LogP contribution is 2.47. The molecule has 2 unspecified atom stereocenters. The molecule has 15 heavy (non-hydrogen) atoms. The van der Waals surface area contributed by atoms with Crippen molar-refractivity contribution >= 4 is 12.4 Å². The molecule has 1 N–H and O–H groups in total. The molecular weight excluding hydrogens is 208 g/mol. The van der Waals surface area contributed by atoms with E-state index in [0.29, 0.717) is 0 Å². The topological polar surface area (TPSA) is 28.7 Å². The second-order valence-electron chi connectivity index (χ2n) is 5.07. The van der Waals surface area contributed by atoms with Gasteiger partial charge in [-0.3, -0.25) is 0 Å². The Morgan fingerprint density at radius 3 is 2.60 bits per heavy atom. The highest BCUT2D eigenvalue weighted by molar-refractivity contribution is 5.85. The normalized spacial score (nSPS) is 33.7. The van der Waals surface area contributed by atoms with Crippen molar-refractivity contribution in [2.45, 2.75) is 38.5 Å². The van der Waals surface area contributed by atoms with Crippen LogP contribution in [0, 0.1) is 17.8 Å². The molecule has 2 saturated carbocycles. The fraction of sp³-hybridized carbons (Fsp3) is 0.750. The van der Waals surface area contributed by atoms with Gasteiger partial charge in [0, 0.05) is 11.9 Å². The number of aromatic nitrogens is 2. The van der Waals surface area contributed by atoms with Gasteiger partial charge in [0.25, 0.3) is 0 Å². The zero-order valence-electron chi connectivity index (χ0n) is 8.98. The minimum Gasteiger partial charge on any atom is -0.348 e. The average molecular weight is 227 g/mol. The van der Waals surface area contributed by atoms with E-state index in [1.54, 1.807) is 6.33 Å². The number of imidazole rings is 1. The standard InChI is InChI=1S/C12H18N2.ClH/c1-2-10-4-9(5-11(10)3-1)6-12-7-13-8-14-12;/h7-11H,1-6H2,(H,13,14);1H. The van der Waals surface area contributed by atoms with Crippen LogP contribution in [-0.2, 0) is 6.42 Å². The molecule has 2 aliphatic carbocycles. The second kappa shape index (κ2) is 4.56. The Bertz CT molecular complexity index is 285. The predicted octanol–water partition coefficient (Wildman–Crippen LogP) is 3.20. The zero-order valence-corrected chi connectivity index (χ0v) is 9.80. The summed E-state index contributed by atoms with van der Waals surface area (Å²) in [5, 5.41) is 0. The Labute approximate surface area is 97.3 Å². The fourth-order valence-corrected chi connectivity index (χ4v) is 3.56. The first-order valence-electron chi connectivity index (χ1n) is 5.89. The van der Waals surface area contributed by atoms with E-state index >= 15 is 0 Å². The van der Waals surface area contributed by atoms with E-state index in [4.69, 9.17) is 0 Å². The molecule has 0 aromatic carbocycles. The van der Waals surface area contributed by atoms with Gasteiger partial charge in [0.05, 0.1) is 6.33 Å². The third-order valence-electron chi connectivity index (χ3n) is 4.15. The summed E-state index contributed by atoms with van der Waals surface area (Å²) in [5.41, 5.74) is 1.33. The van der Waals surface area contributed by atoms with E-state index in [9.17, 15) is 0 Å². The van der Waals surface area contributed by atoms with Crippen molar-refractivity contribution in [2.24, 2.45) is 17.8 Å². The van der Waals surface area contributed by atoms with Crippen LogP contribution in [0.3, 0.4) is 0 Å². The van der Waals surface area contributed by atoms with Crippen molar-refractivity contribution in [2.75, 3.05) is 0 Å². The number of rotatable bonds is 2. The maximum absolute atomic E-state index is 4.08. The van der Waals surface area contributed by atoms with Gasteiger partial charge in [-0.05, 0) is 37.0 Å². The van der Waals surface area contributed by atoms with E-state index in [2.05, 4.69) is 9.97 Å². The lowest BCUT2D eigenvalue weighted by molar-refractivity contribution is 0.457. The molecule has 3 heteroatoms. The van der Waals surface area contributed by atoms with Gasteiger partial charge >= 0.3 is 0 Å². The summed E-state index contributed by atoms with van der Waals surface area (Å²) in [6, 6.07) is 0. The Morgan fingerprint density at radius 1 is 1.27 bits per heavy atom. The van der Waals surface area contributed by atoms with E-state index in [1.807, 2.05) is 6.20 Å². The third kappa shape index (κ3) is 2.20. The Balaban J connectivity index is 0.000000853. The van der Waals surface area contributed by atoms with E-state index in [-0.39, 0.29) is 12.4 Å². The van der Waals surface area contributed by atoms with Crippen molar-refractivity contribution in [3.8, 4) is 0 Å². The third-order valence-corrected chi connectivity index (χ3v) is 4.15. The molecule has 0 radical (unpaired) electrons. The quantitative estimate of drug-likeness (QED) is 0.825. The summed E-state index contributed by atoms with van der Waals surface area (Å²) in [6.45, 7) is 0. The van der Waals surface area contributed by atoms with Crippen molar-refractivity contribution in [3.63, 3.8) is 0 Å². The monoisotopic (exact) mass is 226 g/mol. The summed E-state index contributed by atoms with van der Waals surface area (Å²) < 4.78 is 0. The number of fused-ring (bicyclic) bond motifs is 1. The first-order chi connectivity index (χ1) is 6.92. The lowest BCUT2D eigenvalue weighted by atomic mass is 9.98. The van der Waals surface area contributed by atoms with Crippen LogP contribution in [0.1, 0.15) is 37.8 Å². The molecule has 0 spiro atoms. The summed E-state index contributed by atoms with van der Waals surface area (Å²) >= 11 is 0. The van der Waals surface area contributed by atoms with Crippen molar-refractivity contribution in [1.29, 1.82) is 0 Å². The van der Waals surface area contributed by atoms with E-state index in [1.165, 1.54) is 44.2 Å². The maximum atomic E-state index is 4.08. The lowest BCUT2D eigenvalue weighted by Gasteiger charge is -2.08. The fourth-order valence-electron chi connectivity index (χ4n) is 3.56. The molecule has 2 fully saturated rings. The van der Waals surface area contributed by atoms with E-state index < -0.39 is 0 Å². The molecule has 0 aliphatic heterocycles. The van der Waals surface area contributed by atoms with Gasteiger partial charge in [-0.15, -0.1) is 12.4 Å². The smallest absolute Gasteiger partial charge is 0.0921 e. The van der Waals surface area contributed by atoms with Gasteiger partial charge in [0.2, 0.25) is 0 Å². The lowest BCUT2D eigenvalue weighted by Crippen LogP contribution is -2.01. The van der Waals surface area contributed by atoms with Crippen molar-refractivity contribution in [3.05, 3.63) is 18.2 Å². The molecule has 3 rings (SSSR count). The van der Waals surface area contributed by atoms with Gasteiger partial charge in [-0.25, -0.2) is 4.98 Å². The van der Waals surface area contributed by atoms with Crippen LogP contribution in [0.25, 0.3) is 0 Å². The Morgan fingerprint density at radius 2 is 2.00 bits per heavy atom. The minimum atomic E-state index is 0. The molecule has 1 aromatic rings. The zero-order chi connectivity index (χ0) is 9.38.